The van der Waals surface area contributed by atoms with Crippen LogP contribution >= 0.6 is 0 Å². The highest BCUT2D eigenvalue weighted by Crippen LogP contribution is 2.29. The van der Waals surface area contributed by atoms with Gasteiger partial charge in [0, 0.05) is 24.3 Å². The van der Waals surface area contributed by atoms with E-state index in [9.17, 15) is 14.9 Å². The highest BCUT2D eigenvalue weighted by molar-refractivity contribution is 5.99. The summed E-state index contributed by atoms with van der Waals surface area (Å²) >= 11 is 0. The van der Waals surface area contributed by atoms with E-state index in [2.05, 4.69) is 13.8 Å². The smallest absolute Gasteiger partial charge is 0.282 e. The predicted octanol–water partition coefficient (Wildman–Crippen LogP) is 2.44. The van der Waals surface area contributed by atoms with Gasteiger partial charge in [-0.15, -0.1) is 0 Å². The van der Waals surface area contributed by atoms with Crippen molar-refractivity contribution in [2.45, 2.75) is 32.7 Å². The van der Waals surface area contributed by atoms with Crippen LogP contribution in [-0.4, -0.2) is 28.3 Å². The van der Waals surface area contributed by atoms with Crippen LogP contribution in [0.15, 0.2) is 18.2 Å². The van der Waals surface area contributed by atoms with Gasteiger partial charge in [-0.25, -0.2) is 0 Å². The lowest BCUT2D eigenvalue weighted by Crippen LogP contribution is -2.38. The molecule has 0 spiro atoms. The predicted molar refractivity (Wildman–Crippen MR) is 76.4 cm³/mol. The van der Waals surface area contributed by atoms with E-state index in [1.807, 2.05) is 0 Å². The van der Waals surface area contributed by atoms with Gasteiger partial charge in [0.15, 0.2) is 0 Å². The van der Waals surface area contributed by atoms with Gasteiger partial charge in [0.1, 0.15) is 5.56 Å². The number of hydrogen-bond acceptors (Lipinski definition) is 4. The topological polar surface area (TPSA) is 89.5 Å². The van der Waals surface area contributed by atoms with E-state index in [4.69, 9.17) is 5.73 Å². The maximum absolute atomic E-state index is 12.6. The van der Waals surface area contributed by atoms with E-state index in [1.165, 1.54) is 18.2 Å². The number of carbonyl (C=O) groups excluding carboxylic acids is 1. The van der Waals surface area contributed by atoms with E-state index in [1.54, 1.807) is 4.90 Å². The van der Waals surface area contributed by atoms with Crippen molar-refractivity contribution in [2.75, 3.05) is 12.3 Å². The Kier molecular flexibility index (Phi) is 3.92. The van der Waals surface area contributed by atoms with Crippen molar-refractivity contribution in [3.05, 3.63) is 33.9 Å². The zero-order valence-corrected chi connectivity index (χ0v) is 11.7. The second-order valence-electron chi connectivity index (χ2n) is 5.49. The Bertz CT molecular complexity index is 542. The standard InChI is InChI=1S/C14H19N3O3/c1-9(2)12-4-3-7-16(12)14(18)11-8-10(15)5-6-13(11)17(19)20/h5-6,8-9,12H,3-4,7,15H2,1-2H3. The molecule has 1 aromatic rings. The molecule has 2 N–H and O–H groups in total. The fourth-order valence-electron chi connectivity index (χ4n) is 2.78. The van der Waals surface area contributed by atoms with Crippen molar-refractivity contribution in [3.63, 3.8) is 0 Å². The quantitative estimate of drug-likeness (QED) is 0.522. The Balaban J connectivity index is 2.38. The highest BCUT2D eigenvalue weighted by atomic mass is 16.6. The fraction of sp³-hybridized carbons (Fsp3) is 0.500. The molecule has 1 atom stereocenters. The normalized spacial score (nSPS) is 18.6. The van der Waals surface area contributed by atoms with E-state index in [-0.39, 0.29) is 23.2 Å². The number of nitrogens with two attached hydrogens (primary N) is 1. The minimum absolute atomic E-state index is 0.0857. The lowest BCUT2D eigenvalue weighted by molar-refractivity contribution is -0.385. The molecule has 1 fully saturated rings. The number of nitrogen functional groups attached to an aromatic ring is 1. The molecule has 6 nitrogen and oxygen atoms in total. The summed E-state index contributed by atoms with van der Waals surface area (Å²) in [6.07, 6.45) is 1.88. The maximum Gasteiger partial charge on any atom is 0.282 e. The van der Waals surface area contributed by atoms with Gasteiger partial charge in [-0.05, 0) is 30.9 Å². The van der Waals surface area contributed by atoms with Gasteiger partial charge < -0.3 is 10.6 Å². The number of benzene rings is 1. The summed E-state index contributed by atoms with van der Waals surface area (Å²) in [7, 11) is 0. The van der Waals surface area contributed by atoms with Crippen molar-refractivity contribution >= 4 is 17.3 Å². The molecule has 1 aliphatic rings. The molecule has 0 aliphatic carbocycles. The zero-order valence-electron chi connectivity index (χ0n) is 11.7. The third-order valence-corrected chi connectivity index (χ3v) is 3.78. The molecule has 1 unspecified atom stereocenters. The Morgan fingerprint density at radius 3 is 2.80 bits per heavy atom. The molecule has 0 aromatic heterocycles. The number of carbonyl (C=O) groups is 1. The third-order valence-electron chi connectivity index (χ3n) is 3.78. The lowest BCUT2D eigenvalue weighted by Gasteiger charge is -2.27. The van der Waals surface area contributed by atoms with Gasteiger partial charge in [0.05, 0.1) is 4.92 Å². The fourth-order valence-corrected chi connectivity index (χ4v) is 2.78. The van der Waals surface area contributed by atoms with E-state index >= 15 is 0 Å². The molecule has 0 radical (unpaired) electrons. The summed E-state index contributed by atoms with van der Waals surface area (Å²) in [5.41, 5.74) is 5.93. The average Bonchev–Trinajstić information content (AvgIpc) is 2.86. The van der Waals surface area contributed by atoms with Crippen LogP contribution in [0.25, 0.3) is 0 Å². The molecule has 0 saturated carbocycles. The largest absolute Gasteiger partial charge is 0.399 e. The molecule has 0 bridgehead atoms. The Labute approximate surface area is 117 Å². The Morgan fingerprint density at radius 2 is 2.20 bits per heavy atom. The molecule has 20 heavy (non-hydrogen) atoms. The molecular formula is C14H19N3O3. The van der Waals surface area contributed by atoms with E-state index in [0.29, 0.717) is 18.2 Å². The van der Waals surface area contributed by atoms with Crippen LogP contribution in [-0.2, 0) is 0 Å². The molecule has 2 rings (SSSR count). The minimum Gasteiger partial charge on any atom is -0.399 e. The molecule has 1 amide bonds. The summed E-state index contributed by atoms with van der Waals surface area (Å²) in [5.74, 6) is 0.0433. The number of rotatable bonds is 3. The first-order valence-electron chi connectivity index (χ1n) is 6.76. The summed E-state index contributed by atoms with van der Waals surface area (Å²) in [6, 6.07) is 4.28. The van der Waals surface area contributed by atoms with Gasteiger partial charge in [-0.1, -0.05) is 13.8 Å². The molecule has 1 aromatic carbocycles. The second-order valence-corrected chi connectivity index (χ2v) is 5.49. The van der Waals surface area contributed by atoms with Gasteiger partial charge >= 0.3 is 0 Å². The number of likely N-dealkylation sites (tertiary alicyclic amines) is 1. The SMILES string of the molecule is CC(C)C1CCCN1C(=O)c1cc(N)ccc1[N+](=O)[O-]. The van der Waals surface area contributed by atoms with Crippen molar-refractivity contribution in [2.24, 2.45) is 5.92 Å². The molecule has 6 heteroatoms. The molecule has 1 saturated heterocycles. The van der Waals surface area contributed by atoms with Crippen molar-refractivity contribution in [1.29, 1.82) is 0 Å². The average molecular weight is 277 g/mol. The Hall–Kier alpha value is -2.11. The molecule has 1 aliphatic heterocycles. The van der Waals surface area contributed by atoms with Crippen molar-refractivity contribution < 1.29 is 9.72 Å². The number of nitro benzene ring substituents is 1. The number of nitro groups is 1. The van der Waals surface area contributed by atoms with E-state index in [0.717, 1.165) is 12.8 Å². The van der Waals surface area contributed by atoms with Crippen LogP contribution in [0.4, 0.5) is 11.4 Å². The van der Waals surface area contributed by atoms with Crippen molar-refractivity contribution in [3.8, 4) is 0 Å². The Morgan fingerprint density at radius 1 is 1.50 bits per heavy atom. The maximum atomic E-state index is 12.6. The highest BCUT2D eigenvalue weighted by Gasteiger charge is 2.34. The van der Waals surface area contributed by atoms with E-state index < -0.39 is 4.92 Å². The molecule has 1 heterocycles. The van der Waals surface area contributed by atoms with Gasteiger partial charge in [-0.3, -0.25) is 14.9 Å². The van der Waals surface area contributed by atoms with Crippen LogP contribution in [0.3, 0.4) is 0 Å². The van der Waals surface area contributed by atoms with Crippen LogP contribution in [0.1, 0.15) is 37.0 Å². The van der Waals surface area contributed by atoms with Crippen LogP contribution in [0.5, 0.6) is 0 Å². The second kappa shape index (κ2) is 5.48. The monoisotopic (exact) mass is 277 g/mol. The third kappa shape index (κ3) is 2.59. The van der Waals surface area contributed by atoms with Crippen LogP contribution in [0.2, 0.25) is 0 Å². The number of amides is 1. The van der Waals surface area contributed by atoms with Gasteiger partial charge in [-0.2, -0.15) is 0 Å². The summed E-state index contributed by atoms with van der Waals surface area (Å²) in [5, 5.41) is 11.1. The summed E-state index contributed by atoms with van der Waals surface area (Å²) in [6.45, 7) is 4.77. The minimum atomic E-state index is -0.535. The summed E-state index contributed by atoms with van der Waals surface area (Å²) < 4.78 is 0. The lowest BCUT2D eigenvalue weighted by atomic mass is 10.0. The molecular weight excluding hydrogens is 258 g/mol. The first-order chi connectivity index (χ1) is 9.41. The first-order valence-corrected chi connectivity index (χ1v) is 6.76. The van der Waals surface area contributed by atoms with Gasteiger partial charge in [0.25, 0.3) is 11.6 Å². The van der Waals surface area contributed by atoms with Gasteiger partial charge in [0.2, 0.25) is 0 Å². The van der Waals surface area contributed by atoms with Crippen molar-refractivity contribution in [1.82, 2.24) is 4.90 Å². The van der Waals surface area contributed by atoms with Crippen LogP contribution in [0, 0.1) is 16.0 Å². The molecule has 108 valence electrons. The number of nitrogens with zero attached hydrogens (tertiary/aromatic N) is 2. The number of hydrogen-bond donors (Lipinski definition) is 1. The first kappa shape index (κ1) is 14.3. The van der Waals surface area contributed by atoms with Crippen LogP contribution < -0.4 is 5.73 Å². The zero-order chi connectivity index (χ0) is 14.9. The number of anilines is 1. The summed E-state index contributed by atoms with van der Waals surface area (Å²) in [4.78, 5) is 24.9.